The van der Waals surface area contributed by atoms with E-state index in [9.17, 15) is 8.42 Å². The summed E-state index contributed by atoms with van der Waals surface area (Å²) in [5, 5.41) is 7.74. The summed E-state index contributed by atoms with van der Waals surface area (Å²) in [5.74, 6) is 1.30. The Bertz CT molecular complexity index is 1370. The van der Waals surface area contributed by atoms with Crippen LogP contribution in [-0.4, -0.2) is 75.9 Å². The zero-order valence-electron chi connectivity index (χ0n) is 22.4. The number of rotatable bonds is 12. The number of nitrogens with zero attached hydrogens (tertiary/aromatic N) is 6. The van der Waals surface area contributed by atoms with Gasteiger partial charge in [-0.15, -0.1) is 10.2 Å². The van der Waals surface area contributed by atoms with Gasteiger partial charge >= 0.3 is 0 Å². The van der Waals surface area contributed by atoms with Crippen LogP contribution in [-0.2, 0) is 19.5 Å². The topological polar surface area (TPSA) is 152 Å². The van der Waals surface area contributed by atoms with Gasteiger partial charge in [0.25, 0.3) is 5.88 Å². The number of fused-ring (bicyclic) bond motifs is 3. The Balaban J connectivity index is 1.73. The maximum atomic E-state index is 13.7. The molecule has 3 atom stereocenters. The maximum absolute atomic E-state index is 13.7. The van der Waals surface area contributed by atoms with Crippen molar-refractivity contribution in [3.8, 4) is 23.0 Å². The van der Waals surface area contributed by atoms with Crippen molar-refractivity contribution in [2.45, 2.75) is 58.1 Å². The second-order valence-corrected chi connectivity index (χ2v) is 11.5. The third-order valence-electron chi connectivity index (χ3n) is 5.85. The van der Waals surface area contributed by atoms with Crippen LogP contribution in [0.4, 0.5) is 5.95 Å². The van der Waals surface area contributed by atoms with Crippen LogP contribution in [0.25, 0.3) is 11.4 Å². The first-order valence-electron chi connectivity index (χ1n) is 12.6. The molecule has 4 heterocycles. The summed E-state index contributed by atoms with van der Waals surface area (Å²) >= 11 is 5.93. The minimum atomic E-state index is -4.10. The number of halogens is 1. The van der Waals surface area contributed by atoms with E-state index in [-0.39, 0.29) is 31.1 Å². The Morgan fingerprint density at radius 1 is 1.15 bits per heavy atom. The number of anilines is 1. The van der Waals surface area contributed by atoms with E-state index >= 15 is 0 Å². The molecule has 0 saturated heterocycles. The lowest BCUT2D eigenvalue weighted by molar-refractivity contribution is 0.00154. The third-order valence-corrected chi connectivity index (χ3v) is 7.74. The molecule has 0 spiro atoms. The van der Waals surface area contributed by atoms with Gasteiger partial charge in [0, 0.05) is 25.2 Å². The highest BCUT2D eigenvalue weighted by Gasteiger charge is 2.37. The van der Waals surface area contributed by atoms with Crippen LogP contribution >= 0.6 is 11.6 Å². The van der Waals surface area contributed by atoms with Gasteiger partial charge in [0.15, 0.2) is 17.4 Å². The molecular formula is C24H32ClN7O6S. The Morgan fingerprint density at radius 2 is 1.90 bits per heavy atom. The SMILES string of the molecule is CCOC[C@@H]1COc2c(ccnc2OCC)-c2nnc(NS(=O)(=O)[C@@H](C)[C@@H](OC(C)C)c3ncc(Cl)cn3)n21. The molecule has 0 unspecified atom stereocenters. The number of nitrogens with one attached hydrogen (secondary N) is 1. The molecule has 15 heteroatoms. The Labute approximate surface area is 232 Å². The predicted molar refractivity (Wildman–Crippen MR) is 143 cm³/mol. The summed E-state index contributed by atoms with van der Waals surface area (Å²) in [4.78, 5) is 12.7. The van der Waals surface area contributed by atoms with Gasteiger partial charge in [0.05, 0.1) is 35.9 Å². The fourth-order valence-corrected chi connectivity index (χ4v) is 5.22. The van der Waals surface area contributed by atoms with Crippen LogP contribution in [0.5, 0.6) is 11.6 Å². The molecule has 1 N–H and O–H groups in total. The smallest absolute Gasteiger partial charge is 0.257 e. The fourth-order valence-electron chi connectivity index (χ4n) is 4.03. The Morgan fingerprint density at radius 3 is 2.56 bits per heavy atom. The molecule has 0 aromatic carbocycles. The Kier molecular flexibility index (Phi) is 9.20. The van der Waals surface area contributed by atoms with Gasteiger partial charge in [-0.05, 0) is 40.7 Å². The van der Waals surface area contributed by atoms with E-state index < -0.39 is 27.4 Å². The maximum Gasteiger partial charge on any atom is 0.257 e. The van der Waals surface area contributed by atoms with Crippen LogP contribution in [0.3, 0.4) is 0 Å². The van der Waals surface area contributed by atoms with E-state index in [4.69, 9.17) is 30.5 Å². The van der Waals surface area contributed by atoms with Crippen molar-refractivity contribution < 1.29 is 27.4 Å². The summed E-state index contributed by atoms with van der Waals surface area (Å²) in [6, 6.07) is 1.26. The lowest BCUT2D eigenvalue weighted by Gasteiger charge is -2.26. The average molecular weight is 582 g/mol. The van der Waals surface area contributed by atoms with E-state index in [1.165, 1.54) is 19.3 Å². The average Bonchev–Trinajstić information content (AvgIpc) is 3.22. The summed E-state index contributed by atoms with van der Waals surface area (Å²) in [6.07, 6.45) is 3.09. The van der Waals surface area contributed by atoms with Gasteiger partial charge in [0.2, 0.25) is 16.0 Å². The first kappa shape index (κ1) is 28.9. The van der Waals surface area contributed by atoms with Gasteiger partial charge in [-0.3, -0.25) is 9.29 Å². The van der Waals surface area contributed by atoms with Crippen molar-refractivity contribution >= 4 is 27.6 Å². The van der Waals surface area contributed by atoms with E-state index in [1.807, 2.05) is 13.8 Å². The molecule has 4 rings (SSSR count). The highest BCUT2D eigenvalue weighted by molar-refractivity contribution is 7.93. The number of aromatic nitrogens is 6. The lowest BCUT2D eigenvalue weighted by Crippen LogP contribution is -2.35. The van der Waals surface area contributed by atoms with E-state index in [0.717, 1.165) is 0 Å². The minimum absolute atomic E-state index is 0.00750. The largest absolute Gasteiger partial charge is 0.485 e. The molecule has 1 aliphatic heterocycles. The van der Waals surface area contributed by atoms with Gasteiger partial charge in [0.1, 0.15) is 18.0 Å². The molecule has 0 radical (unpaired) electrons. The van der Waals surface area contributed by atoms with Gasteiger partial charge in [-0.2, -0.15) is 0 Å². The standard InChI is InChI=1S/C24H32ClN7O6S/c1-6-35-12-17-13-37-20-18(8-9-26-23(20)36-7-2)22-29-30-24(32(17)22)31-39(33,34)15(5)19(38-14(3)4)21-27-10-16(25)11-28-21/h8-11,14-15,17,19H,6-7,12-13H2,1-5H3,(H,30,31)/t15-,17+,19+/m0/s1. The quantitative estimate of drug-likeness (QED) is 0.334. The van der Waals surface area contributed by atoms with Crippen LogP contribution < -0.4 is 14.2 Å². The van der Waals surface area contributed by atoms with E-state index in [0.29, 0.717) is 41.3 Å². The third kappa shape index (κ3) is 6.40. The van der Waals surface area contributed by atoms with Gasteiger partial charge < -0.3 is 18.9 Å². The van der Waals surface area contributed by atoms with Crippen molar-refractivity contribution in [3.05, 3.63) is 35.5 Å². The molecule has 13 nitrogen and oxygen atoms in total. The molecule has 212 valence electrons. The monoisotopic (exact) mass is 581 g/mol. The van der Waals surface area contributed by atoms with Crippen LogP contribution in [0.1, 0.15) is 52.6 Å². The van der Waals surface area contributed by atoms with E-state index in [1.54, 1.807) is 30.7 Å². The molecular weight excluding hydrogens is 550 g/mol. The molecule has 0 fully saturated rings. The zero-order chi connectivity index (χ0) is 28.2. The van der Waals surface area contributed by atoms with Crippen molar-refractivity contribution in [1.29, 1.82) is 0 Å². The summed E-state index contributed by atoms with van der Waals surface area (Å²) < 4.78 is 55.0. The second-order valence-electron chi connectivity index (χ2n) is 8.98. The first-order chi connectivity index (χ1) is 18.7. The van der Waals surface area contributed by atoms with Crippen molar-refractivity contribution in [2.75, 3.05) is 31.1 Å². The molecule has 0 aliphatic carbocycles. The van der Waals surface area contributed by atoms with E-state index in [2.05, 4.69) is 29.9 Å². The molecule has 0 amide bonds. The lowest BCUT2D eigenvalue weighted by atomic mass is 10.2. The molecule has 3 aromatic rings. The van der Waals surface area contributed by atoms with Crippen molar-refractivity contribution in [1.82, 2.24) is 29.7 Å². The van der Waals surface area contributed by atoms with Gasteiger partial charge in [-0.25, -0.2) is 23.4 Å². The van der Waals surface area contributed by atoms with Crippen LogP contribution in [0.15, 0.2) is 24.7 Å². The number of hydrogen-bond donors (Lipinski definition) is 1. The molecule has 39 heavy (non-hydrogen) atoms. The molecule has 0 saturated carbocycles. The van der Waals surface area contributed by atoms with Crippen LogP contribution in [0, 0.1) is 0 Å². The predicted octanol–water partition coefficient (Wildman–Crippen LogP) is 3.45. The number of ether oxygens (including phenoxy) is 4. The number of hydrogen-bond acceptors (Lipinski definition) is 11. The second kappa shape index (κ2) is 12.4. The Hall–Kier alpha value is -3.07. The zero-order valence-corrected chi connectivity index (χ0v) is 23.9. The van der Waals surface area contributed by atoms with Crippen LogP contribution in [0.2, 0.25) is 5.02 Å². The number of pyridine rings is 1. The summed E-state index contributed by atoms with van der Waals surface area (Å²) in [6.45, 7) is 10.1. The normalized spacial score (nSPS) is 16.5. The highest BCUT2D eigenvalue weighted by atomic mass is 35.5. The molecule has 3 aromatic heterocycles. The highest BCUT2D eigenvalue weighted by Crippen LogP contribution is 2.41. The molecule has 1 aliphatic rings. The summed E-state index contributed by atoms with van der Waals surface area (Å²) in [7, 11) is -4.10. The minimum Gasteiger partial charge on any atom is -0.485 e. The van der Waals surface area contributed by atoms with Gasteiger partial charge in [-0.1, -0.05) is 11.6 Å². The number of sulfonamides is 1. The first-order valence-corrected chi connectivity index (χ1v) is 14.5. The van der Waals surface area contributed by atoms with Crippen molar-refractivity contribution in [2.24, 2.45) is 0 Å². The fraction of sp³-hybridized carbons (Fsp3) is 0.542. The molecule has 0 bridgehead atoms. The van der Waals surface area contributed by atoms with Crippen molar-refractivity contribution in [3.63, 3.8) is 0 Å². The summed E-state index contributed by atoms with van der Waals surface area (Å²) in [5.41, 5.74) is 0.564.